The highest BCUT2D eigenvalue weighted by Crippen LogP contribution is 2.27. The number of ether oxygens (including phenoxy) is 1. The molecule has 6 nitrogen and oxygen atoms in total. The summed E-state index contributed by atoms with van der Waals surface area (Å²) in [5, 5.41) is 12.2. The molecular formula is C20H22N4O2. The molecular weight excluding hydrogens is 328 g/mol. The van der Waals surface area contributed by atoms with E-state index in [1.807, 2.05) is 26.0 Å². The molecule has 1 N–H and O–H groups in total. The number of rotatable bonds is 4. The Bertz CT molecular complexity index is 832. The lowest BCUT2D eigenvalue weighted by atomic mass is 10.0. The zero-order valence-corrected chi connectivity index (χ0v) is 15.2. The van der Waals surface area contributed by atoms with Gasteiger partial charge in [-0.1, -0.05) is 0 Å². The fourth-order valence-corrected chi connectivity index (χ4v) is 3.32. The molecule has 0 radical (unpaired) electrons. The van der Waals surface area contributed by atoms with E-state index in [0.717, 1.165) is 36.1 Å². The molecule has 1 aliphatic rings. The van der Waals surface area contributed by atoms with Gasteiger partial charge in [-0.05, 0) is 56.9 Å². The fraction of sp³-hybridized carbons (Fsp3) is 0.400. The maximum atomic E-state index is 12.3. The van der Waals surface area contributed by atoms with Gasteiger partial charge in [0.25, 0.3) is 5.91 Å². The number of aryl methyl sites for hydroxylation is 3. The van der Waals surface area contributed by atoms with Gasteiger partial charge in [0.2, 0.25) is 0 Å². The lowest BCUT2D eigenvalue weighted by molar-refractivity contribution is 0.0934. The predicted octanol–water partition coefficient (Wildman–Crippen LogP) is 3.00. The summed E-state index contributed by atoms with van der Waals surface area (Å²) in [5.41, 5.74) is 3.02. The third kappa shape index (κ3) is 3.99. The molecule has 1 aliphatic carbocycles. The van der Waals surface area contributed by atoms with E-state index in [1.165, 1.54) is 0 Å². The van der Waals surface area contributed by atoms with Gasteiger partial charge in [-0.3, -0.25) is 4.79 Å². The first-order chi connectivity index (χ1) is 12.5. The Hall–Kier alpha value is -2.94. The van der Waals surface area contributed by atoms with Crippen molar-refractivity contribution in [3.63, 3.8) is 0 Å². The minimum absolute atomic E-state index is 0.0568. The molecule has 3 rings (SSSR count). The Kier molecular flexibility index (Phi) is 5.17. The Balaban J connectivity index is 1.58. The van der Waals surface area contributed by atoms with Crippen LogP contribution in [0, 0.1) is 32.1 Å². The molecule has 1 fully saturated rings. The second-order valence-corrected chi connectivity index (χ2v) is 6.79. The maximum absolute atomic E-state index is 12.3. The summed E-state index contributed by atoms with van der Waals surface area (Å²) in [7, 11) is 0. The summed E-state index contributed by atoms with van der Waals surface area (Å²) in [6.07, 6.45) is 5.66. The first-order valence-electron chi connectivity index (χ1n) is 8.73. The number of nitriles is 1. The molecule has 0 aliphatic heterocycles. The van der Waals surface area contributed by atoms with E-state index in [1.54, 1.807) is 19.3 Å². The summed E-state index contributed by atoms with van der Waals surface area (Å²) < 4.78 is 6.08. The smallest absolute Gasteiger partial charge is 0.254 e. The molecule has 134 valence electrons. The van der Waals surface area contributed by atoms with Crippen LogP contribution in [0.2, 0.25) is 0 Å². The van der Waals surface area contributed by atoms with Crippen LogP contribution < -0.4 is 10.1 Å². The van der Waals surface area contributed by atoms with Gasteiger partial charge in [-0.2, -0.15) is 5.26 Å². The number of amides is 1. The van der Waals surface area contributed by atoms with Crippen LogP contribution in [-0.2, 0) is 0 Å². The van der Waals surface area contributed by atoms with Gasteiger partial charge in [0, 0.05) is 24.9 Å². The van der Waals surface area contributed by atoms with E-state index in [9.17, 15) is 4.79 Å². The predicted molar refractivity (Wildman–Crippen MR) is 96.9 cm³/mol. The summed E-state index contributed by atoms with van der Waals surface area (Å²) in [6, 6.07) is 6.10. The normalized spacial score (nSPS) is 19.0. The third-order valence-corrected chi connectivity index (χ3v) is 4.68. The number of carbonyl (C=O) groups is 1. The standard InChI is InChI=1S/C20H22N4O2/c1-12-6-18(7-13(2)19(12)9-21)26-17-5-4-16(8-17)24-20(25)15-10-22-14(3)23-11-15/h6-7,10-11,16-17H,4-5,8H2,1-3H3,(H,24,25)/t16-,17-/m0/s1. The van der Waals surface area contributed by atoms with Crippen molar-refractivity contribution in [3.8, 4) is 11.8 Å². The summed E-state index contributed by atoms with van der Waals surface area (Å²) in [4.78, 5) is 20.4. The van der Waals surface area contributed by atoms with E-state index in [4.69, 9.17) is 10.00 Å². The van der Waals surface area contributed by atoms with E-state index >= 15 is 0 Å². The van der Waals surface area contributed by atoms with Crippen molar-refractivity contribution >= 4 is 5.91 Å². The van der Waals surface area contributed by atoms with E-state index in [-0.39, 0.29) is 18.1 Å². The van der Waals surface area contributed by atoms with Crippen LogP contribution in [0.4, 0.5) is 0 Å². The largest absolute Gasteiger partial charge is 0.490 e. The summed E-state index contributed by atoms with van der Waals surface area (Å²) in [6.45, 7) is 5.62. The van der Waals surface area contributed by atoms with Gasteiger partial charge >= 0.3 is 0 Å². The minimum atomic E-state index is -0.152. The lowest BCUT2D eigenvalue weighted by Crippen LogP contribution is -2.33. The molecule has 0 spiro atoms. The monoisotopic (exact) mass is 350 g/mol. The van der Waals surface area contributed by atoms with Crippen LogP contribution in [0.1, 0.15) is 52.1 Å². The minimum Gasteiger partial charge on any atom is -0.490 e. The average molecular weight is 350 g/mol. The van der Waals surface area contributed by atoms with Crippen LogP contribution in [-0.4, -0.2) is 28.0 Å². The molecule has 1 heterocycles. The van der Waals surface area contributed by atoms with Gasteiger partial charge in [-0.15, -0.1) is 0 Å². The van der Waals surface area contributed by atoms with Crippen LogP contribution in [0.15, 0.2) is 24.5 Å². The second-order valence-electron chi connectivity index (χ2n) is 6.79. The van der Waals surface area contributed by atoms with Crippen molar-refractivity contribution in [1.82, 2.24) is 15.3 Å². The van der Waals surface area contributed by atoms with Gasteiger partial charge in [0.15, 0.2) is 0 Å². The Labute approximate surface area is 153 Å². The zero-order chi connectivity index (χ0) is 18.7. The molecule has 1 saturated carbocycles. The zero-order valence-electron chi connectivity index (χ0n) is 15.2. The molecule has 1 aromatic carbocycles. The van der Waals surface area contributed by atoms with Crippen molar-refractivity contribution in [3.05, 3.63) is 52.6 Å². The molecule has 26 heavy (non-hydrogen) atoms. The van der Waals surface area contributed by atoms with Crippen molar-refractivity contribution in [2.45, 2.75) is 52.2 Å². The number of nitrogens with one attached hydrogen (secondary N) is 1. The van der Waals surface area contributed by atoms with Crippen LogP contribution in [0.3, 0.4) is 0 Å². The van der Waals surface area contributed by atoms with Crippen molar-refractivity contribution in [1.29, 1.82) is 5.26 Å². The first kappa shape index (κ1) is 17.9. The Morgan fingerprint density at radius 2 is 1.85 bits per heavy atom. The molecule has 1 aromatic heterocycles. The van der Waals surface area contributed by atoms with Crippen molar-refractivity contribution < 1.29 is 9.53 Å². The molecule has 0 unspecified atom stereocenters. The van der Waals surface area contributed by atoms with Gasteiger partial charge in [0.1, 0.15) is 17.7 Å². The average Bonchev–Trinajstić information content (AvgIpc) is 3.02. The molecule has 0 bridgehead atoms. The molecule has 1 amide bonds. The van der Waals surface area contributed by atoms with Crippen molar-refractivity contribution in [2.75, 3.05) is 0 Å². The van der Waals surface area contributed by atoms with Gasteiger partial charge in [0.05, 0.1) is 17.2 Å². The van der Waals surface area contributed by atoms with Crippen molar-refractivity contribution in [2.24, 2.45) is 0 Å². The number of hydrogen-bond acceptors (Lipinski definition) is 5. The van der Waals surface area contributed by atoms with Gasteiger partial charge in [-0.25, -0.2) is 9.97 Å². The number of nitrogens with zero attached hydrogens (tertiary/aromatic N) is 3. The third-order valence-electron chi connectivity index (χ3n) is 4.68. The highest BCUT2D eigenvalue weighted by Gasteiger charge is 2.28. The number of hydrogen-bond donors (Lipinski definition) is 1. The van der Waals surface area contributed by atoms with Crippen LogP contribution in [0.5, 0.6) is 5.75 Å². The molecule has 6 heteroatoms. The Morgan fingerprint density at radius 3 is 2.46 bits per heavy atom. The topological polar surface area (TPSA) is 87.9 Å². The SMILES string of the molecule is Cc1ncc(C(=O)N[C@H]2CC[C@H](Oc3cc(C)c(C#N)c(C)c3)C2)cn1. The maximum Gasteiger partial charge on any atom is 0.254 e. The number of benzene rings is 1. The highest BCUT2D eigenvalue weighted by molar-refractivity contribution is 5.93. The number of aromatic nitrogens is 2. The highest BCUT2D eigenvalue weighted by atomic mass is 16.5. The molecule has 0 saturated heterocycles. The first-order valence-corrected chi connectivity index (χ1v) is 8.73. The lowest BCUT2D eigenvalue weighted by Gasteiger charge is -2.16. The van der Waals surface area contributed by atoms with Crippen LogP contribution >= 0.6 is 0 Å². The van der Waals surface area contributed by atoms with E-state index < -0.39 is 0 Å². The molecule has 2 atom stereocenters. The van der Waals surface area contributed by atoms with E-state index in [2.05, 4.69) is 21.4 Å². The quantitative estimate of drug-likeness (QED) is 0.916. The summed E-state index contributed by atoms with van der Waals surface area (Å²) >= 11 is 0. The summed E-state index contributed by atoms with van der Waals surface area (Å²) in [5.74, 6) is 1.27. The van der Waals surface area contributed by atoms with E-state index in [0.29, 0.717) is 17.0 Å². The van der Waals surface area contributed by atoms with Crippen LogP contribution in [0.25, 0.3) is 0 Å². The number of carbonyl (C=O) groups excluding carboxylic acids is 1. The Morgan fingerprint density at radius 1 is 1.19 bits per heavy atom. The molecule has 2 aromatic rings. The van der Waals surface area contributed by atoms with Gasteiger partial charge < -0.3 is 10.1 Å². The fourth-order valence-electron chi connectivity index (χ4n) is 3.32. The second kappa shape index (κ2) is 7.52.